The summed E-state index contributed by atoms with van der Waals surface area (Å²) in [5, 5.41) is 7.98. The monoisotopic (exact) mass is 301 g/mol. The summed E-state index contributed by atoms with van der Waals surface area (Å²) in [6.07, 6.45) is 4.32. The molecule has 1 aromatic rings. The maximum Gasteiger partial charge on any atom is 0.0696 e. The molecule has 0 bridgehead atoms. The molecule has 1 aliphatic heterocycles. The lowest BCUT2D eigenvalue weighted by Crippen LogP contribution is -2.32. The Morgan fingerprint density at radius 1 is 1.65 bits per heavy atom. The number of piperidine rings is 1. The van der Waals surface area contributed by atoms with Crippen molar-refractivity contribution in [1.82, 2.24) is 15.1 Å². The summed E-state index contributed by atoms with van der Waals surface area (Å²) in [6.45, 7) is 4.92. The minimum absolute atomic E-state index is 0.410. The lowest BCUT2D eigenvalue weighted by atomic mass is 9.92. The number of hydrogen-bond acceptors (Lipinski definition) is 3. The van der Waals surface area contributed by atoms with Gasteiger partial charge in [0.15, 0.2) is 0 Å². The number of halogens is 1. The van der Waals surface area contributed by atoms with Gasteiger partial charge in [0.2, 0.25) is 0 Å². The van der Waals surface area contributed by atoms with Gasteiger partial charge < -0.3 is 10.1 Å². The van der Waals surface area contributed by atoms with E-state index in [0.717, 1.165) is 23.5 Å². The van der Waals surface area contributed by atoms with E-state index in [9.17, 15) is 0 Å². The smallest absolute Gasteiger partial charge is 0.0696 e. The van der Waals surface area contributed by atoms with E-state index in [1.165, 1.54) is 18.5 Å². The molecule has 0 spiro atoms. The van der Waals surface area contributed by atoms with Crippen molar-refractivity contribution < 1.29 is 4.74 Å². The summed E-state index contributed by atoms with van der Waals surface area (Å²) in [4.78, 5) is 0. The van der Waals surface area contributed by atoms with E-state index in [2.05, 4.69) is 33.3 Å². The average molecular weight is 302 g/mol. The Morgan fingerprint density at radius 3 is 3.18 bits per heavy atom. The van der Waals surface area contributed by atoms with Gasteiger partial charge in [-0.3, -0.25) is 4.68 Å². The summed E-state index contributed by atoms with van der Waals surface area (Å²) in [6, 6.07) is 0.410. The van der Waals surface area contributed by atoms with E-state index in [1.807, 2.05) is 10.9 Å². The Hall–Kier alpha value is -0.390. The minimum atomic E-state index is 0.410. The van der Waals surface area contributed by atoms with Crippen LogP contribution in [-0.4, -0.2) is 30.0 Å². The van der Waals surface area contributed by atoms with Gasteiger partial charge in [-0.15, -0.1) is 0 Å². The lowest BCUT2D eigenvalue weighted by Gasteiger charge is -2.29. The first-order chi connectivity index (χ1) is 8.22. The van der Waals surface area contributed by atoms with E-state index in [1.54, 1.807) is 7.11 Å². The maximum absolute atomic E-state index is 5.12. The molecule has 2 heterocycles. The standard InChI is InChI=1S/C12H20BrN3O/c1-9-3-4-14-11(7-9)12-10(13)8-15-16(12)5-6-17-2/h8-9,11,14H,3-7H2,1-2H3. The first kappa shape index (κ1) is 13.1. The molecule has 1 N–H and O–H groups in total. The zero-order valence-electron chi connectivity index (χ0n) is 10.4. The van der Waals surface area contributed by atoms with Crippen LogP contribution in [0.15, 0.2) is 10.7 Å². The van der Waals surface area contributed by atoms with Crippen molar-refractivity contribution in [2.75, 3.05) is 20.3 Å². The van der Waals surface area contributed by atoms with Crippen molar-refractivity contribution in [3.05, 3.63) is 16.4 Å². The van der Waals surface area contributed by atoms with Crippen molar-refractivity contribution in [2.24, 2.45) is 5.92 Å². The largest absolute Gasteiger partial charge is 0.383 e. The number of rotatable bonds is 4. The van der Waals surface area contributed by atoms with Crippen molar-refractivity contribution in [1.29, 1.82) is 0 Å². The summed E-state index contributed by atoms with van der Waals surface area (Å²) < 4.78 is 8.26. The number of nitrogens with one attached hydrogen (secondary N) is 1. The molecule has 5 heteroatoms. The van der Waals surface area contributed by atoms with Crippen LogP contribution in [0.1, 0.15) is 31.5 Å². The molecule has 0 radical (unpaired) electrons. The van der Waals surface area contributed by atoms with Crippen LogP contribution in [0.5, 0.6) is 0 Å². The molecule has 2 rings (SSSR count). The van der Waals surface area contributed by atoms with Crippen molar-refractivity contribution >= 4 is 15.9 Å². The maximum atomic E-state index is 5.12. The fraction of sp³-hybridized carbons (Fsp3) is 0.750. The zero-order chi connectivity index (χ0) is 12.3. The van der Waals surface area contributed by atoms with Crippen LogP contribution in [0.4, 0.5) is 0 Å². The molecular formula is C12H20BrN3O. The fourth-order valence-corrected chi connectivity index (χ4v) is 2.96. The van der Waals surface area contributed by atoms with Crippen molar-refractivity contribution in [3.8, 4) is 0 Å². The van der Waals surface area contributed by atoms with Crippen molar-refractivity contribution in [2.45, 2.75) is 32.4 Å². The van der Waals surface area contributed by atoms with E-state index in [4.69, 9.17) is 4.74 Å². The third kappa shape index (κ3) is 3.09. The normalized spacial score (nSPS) is 25.1. The second kappa shape index (κ2) is 5.98. The average Bonchev–Trinajstić information content (AvgIpc) is 2.68. The molecule has 0 aliphatic carbocycles. The Labute approximate surface area is 111 Å². The highest BCUT2D eigenvalue weighted by Crippen LogP contribution is 2.31. The third-order valence-electron chi connectivity index (χ3n) is 3.34. The van der Waals surface area contributed by atoms with Gasteiger partial charge in [0.05, 0.1) is 35.6 Å². The van der Waals surface area contributed by atoms with Gasteiger partial charge in [0, 0.05) is 7.11 Å². The van der Waals surface area contributed by atoms with E-state index >= 15 is 0 Å². The number of hydrogen-bond donors (Lipinski definition) is 1. The van der Waals surface area contributed by atoms with Crippen LogP contribution in [0, 0.1) is 5.92 Å². The molecule has 0 amide bonds. The van der Waals surface area contributed by atoms with Crippen LogP contribution in [0.25, 0.3) is 0 Å². The number of aromatic nitrogens is 2. The lowest BCUT2D eigenvalue weighted by molar-refractivity contribution is 0.180. The highest BCUT2D eigenvalue weighted by atomic mass is 79.9. The molecule has 1 fully saturated rings. The molecule has 4 nitrogen and oxygen atoms in total. The predicted molar refractivity (Wildman–Crippen MR) is 70.9 cm³/mol. The van der Waals surface area contributed by atoms with Crippen LogP contribution >= 0.6 is 15.9 Å². The van der Waals surface area contributed by atoms with E-state index in [0.29, 0.717) is 12.6 Å². The Balaban J connectivity index is 2.14. The predicted octanol–water partition coefficient (Wildman–Crippen LogP) is 2.35. The molecule has 0 saturated carbocycles. The molecule has 17 heavy (non-hydrogen) atoms. The van der Waals surface area contributed by atoms with Crippen LogP contribution in [0.2, 0.25) is 0 Å². The molecule has 96 valence electrons. The Morgan fingerprint density at radius 2 is 2.47 bits per heavy atom. The molecule has 1 aliphatic rings. The van der Waals surface area contributed by atoms with Gasteiger partial charge in [-0.25, -0.2) is 0 Å². The quantitative estimate of drug-likeness (QED) is 0.928. The van der Waals surface area contributed by atoms with Gasteiger partial charge in [0.1, 0.15) is 0 Å². The summed E-state index contributed by atoms with van der Waals surface area (Å²) in [5.41, 5.74) is 1.26. The Bertz CT molecular complexity index is 367. The van der Waals surface area contributed by atoms with Gasteiger partial charge in [0.25, 0.3) is 0 Å². The van der Waals surface area contributed by atoms with Crippen LogP contribution in [-0.2, 0) is 11.3 Å². The van der Waals surface area contributed by atoms with Crippen LogP contribution < -0.4 is 5.32 Å². The first-order valence-electron chi connectivity index (χ1n) is 6.16. The number of methoxy groups -OCH3 is 1. The summed E-state index contributed by atoms with van der Waals surface area (Å²) in [7, 11) is 1.72. The zero-order valence-corrected chi connectivity index (χ0v) is 12.0. The molecule has 2 atom stereocenters. The van der Waals surface area contributed by atoms with Gasteiger partial charge >= 0.3 is 0 Å². The van der Waals surface area contributed by atoms with Gasteiger partial charge in [-0.1, -0.05) is 6.92 Å². The Kier molecular flexibility index (Phi) is 4.59. The molecular weight excluding hydrogens is 282 g/mol. The molecule has 1 saturated heterocycles. The molecule has 2 unspecified atom stereocenters. The van der Waals surface area contributed by atoms with Gasteiger partial charge in [-0.2, -0.15) is 5.10 Å². The van der Waals surface area contributed by atoms with Crippen molar-refractivity contribution in [3.63, 3.8) is 0 Å². The second-order valence-electron chi connectivity index (χ2n) is 4.73. The summed E-state index contributed by atoms with van der Waals surface area (Å²) >= 11 is 3.60. The fourth-order valence-electron chi connectivity index (χ4n) is 2.39. The second-order valence-corrected chi connectivity index (χ2v) is 5.58. The highest BCUT2D eigenvalue weighted by Gasteiger charge is 2.24. The molecule has 0 aromatic carbocycles. The third-order valence-corrected chi connectivity index (χ3v) is 3.95. The summed E-state index contributed by atoms with van der Waals surface area (Å²) in [5.74, 6) is 0.777. The van der Waals surface area contributed by atoms with Gasteiger partial charge in [-0.05, 0) is 41.2 Å². The number of ether oxygens (including phenoxy) is 1. The van der Waals surface area contributed by atoms with Crippen LogP contribution in [0.3, 0.4) is 0 Å². The number of nitrogens with zero attached hydrogens (tertiary/aromatic N) is 2. The van der Waals surface area contributed by atoms with E-state index in [-0.39, 0.29) is 0 Å². The van der Waals surface area contributed by atoms with E-state index < -0.39 is 0 Å². The topological polar surface area (TPSA) is 39.1 Å². The first-order valence-corrected chi connectivity index (χ1v) is 6.95. The minimum Gasteiger partial charge on any atom is -0.383 e. The highest BCUT2D eigenvalue weighted by molar-refractivity contribution is 9.10. The molecule has 1 aromatic heterocycles. The SMILES string of the molecule is COCCn1ncc(Br)c1C1CC(C)CCN1.